The summed E-state index contributed by atoms with van der Waals surface area (Å²) >= 11 is 7.22. The van der Waals surface area contributed by atoms with Gasteiger partial charge in [0.15, 0.2) is 5.13 Å². The van der Waals surface area contributed by atoms with E-state index >= 15 is 0 Å². The van der Waals surface area contributed by atoms with Crippen molar-refractivity contribution in [2.75, 3.05) is 10.7 Å². The number of aryl methyl sites for hydroxylation is 2. The zero-order valence-corrected chi connectivity index (χ0v) is 11.9. The molecule has 0 saturated heterocycles. The molecule has 0 aromatic carbocycles. The highest BCUT2D eigenvalue weighted by Crippen LogP contribution is 2.22. The zero-order chi connectivity index (χ0) is 14.0. The highest BCUT2D eigenvalue weighted by molar-refractivity contribution is 7.15. The van der Waals surface area contributed by atoms with Gasteiger partial charge >= 0.3 is 0 Å². The van der Waals surface area contributed by atoms with Gasteiger partial charge in [0, 0.05) is 10.4 Å². The number of nitrogens with one attached hydrogen (secondary N) is 2. The molecule has 0 aliphatic carbocycles. The summed E-state index contributed by atoms with van der Waals surface area (Å²) in [7, 11) is 0. The monoisotopic (exact) mass is 297 g/mol. The second-order valence-electron chi connectivity index (χ2n) is 3.82. The normalized spacial score (nSPS) is 10.3. The Kier molecular flexibility index (Phi) is 3.98. The summed E-state index contributed by atoms with van der Waals surface area (Å²) in [4.78, 5) is 21.3. The molecule has 0 radical (unpaired) electrons. The van der Waals surface area contributed by atoms with E-state index in [1.807, 2.05) is 13.8 Å². The van der Waals surface area contributed by atoms with Gasteiger partial charge in [-0.3, -0.25) is 10.1 Å². The number of hydrogen-bond acceptors (Lipinski definition) is 6. The van der Waals surface area contributed by atoms with E-state index in [4.69, 9.17) is 17.4 Å². The number of hydrogen-bond donors (Lipinski definition) is 3. The molecule has 0 atom stereocenters. The first-order valence-corrected chi connectivity index (χ1v) is 6.58. The molecule has 0 spiro atoms. The third-order valence-corrected chi connectivity index (χ3v) is 3.64. The SMILES string of the molecule is Cc1nc(NC(=O)c2cc(Cl)nc(NN)c2)sc1C. The number of carbonyl (C=O) groups excluding carboxylic acids is 1. The van der Waals surface area contributed by atoms with Crippen LogP contribution < -0.4 is 16.6 Å². The Labute approximate surface area is 119 Å². The number of pyridine rings is 1. The van der Waals surface area contributed by atoms with Crippen LogP contribution in [-0.2, 0) is 0 Å². The van der Waals surface area contributed by atoms with Crippen LogP contribution in [0.5, 0.6) is 0 Å². The third kappa shape index (κ3) is 3.19. The lowest BCUT2D eigenvalue weighted by Gasteiger charge is -2.05. The maximum absolute atomic E-state index is 12.1. The predicted octanol–water partition coefficient (Wildman–Crippen LogP) is 2.35. The van der Waals surface area contributed by atoms with Crippen LogP contribution in [0.25, 0.3) is 0 Å². The molecule has 100 valence electrons. The van der Waals surface area contributed by atoms with Gasteiger partial charge in [-0.25, -0.2) is 15.8 Å². The Morgan fingerprint density at radius 2 is 2.11 bits per heavy atom. The van der Waals surface area contributed by atoms with E-state index < -0.39 is 0 Å². The Morgan fingerprint density at radius 3 is 2.68 bits per heavy atom. The van der Waals surface area contributed by atoms with Crippen molar-refractivity contribution in [3.8, 4) is 0 Å². The first kappa shape index (κ1) is 13.7. The number of nitrogen functional groups attached to an aromatic ring is 1. The van der Waals surface area contributed by atoms with Crippen LogP contribution in [0, 0.1) is 13.8 Å². The maximum Gasteiger partial charge on any atom is 0.257 e. The Hall–Kier alpha value is -1.70. The summed E-state index contributed by atoms with van der Waals surface area (Å²) in [5.41, 5.74) is 3.61. The van der Waals surface area contributed by atoms with Gasteiger partial charge in [0.25, 0.3) is 5.91 Å². The van der Waals surface area contributed by atoms with Crippen LogP contribution in [0.2, 0.25) is 5.15 Å². The number of rotatable bonds is 3. The van der Waals surface area contributed by atoms with Crippen LogP contribution in [0.3, 0.4) is 0 Å². The first-order chi connectivity index (χ1) is 8.99. The van der Waals surface area contributed by atoms with Crippen molar-refractivity contribution in [2.45, 2.75) is 13.8 Å². The van der Waals surface area contributed by atoms with Gasteiger partial charge < -0.3 is 5.43 Å². The zero-order valence-electron chi connectivity index (χ0n) is 10.3. The molecule has 2 heterocycles. The summed E-state index contributed by atoms with van der Waals surface area (Å²) in [6.07, 6.45) is 0. The van der Waals surface area contributed by atoms with E-state index in [9.17, 15) is 4.79 Å². The molecular formula is C11H12ClN5OS. The Bertz CT molecular complexity index is 608. The van der Waals surface area contributed by atoms with E-state index in [1.54, 1.807) is 0 Å². The van der Waals surface area contributed by atoms with Gasteiger partial charge in [-0.1, -0.05) is 11.6 Å². The summed E-state index contributed by atoms with van der Waals surface area (Å²) in [5.74, 6) is 5.26. The quantitative estimate of drug-likeness (QED) is 0.459. The number of hydrazine groups is 1. The fourth-order valence-corrected chi connectivity index (χ4v) is 2.42. The van der Waals surface area contributed by atoms with E-state index in [-0.39, 0.29) is 11.1 Å². The minimum absolute atomic E-state index is 0.187. The second-order valence-corrected chi connectivity index (χ2v) is 5.41. The van der Waals surface area contributed by atoms with Gasteiger partial charge in [-0.2, -0.15) is 0 Å². The van der Waals surface area contributed by atoms with Crippen molar-refractivity contribution in [3.05, 3.63) is 33.4 Å². The number of amides is 1. The summed E-state index contributed by atoms with van der Waals surface area (Å²) in [6.45, 7) is 3.84. The number of aromatic nitrogens is 2. The van der Waals surface area contributed by atoms with Crippen molar-refractivity contribution in [1.29, 1.82) is 0 Å². The highest BCUT2D eigenvalue weighted by atomic mass is 35.5. The molecule has 0 fully saturated rings. The van der Waals surface area contributed by atoms with Crippen molar-refractivity contribution >= 4 is 39.8 Å². The average Bonchev–Trinajstić information content (AvgIpc) is 2.67. The molecule has 0 aliphatic heterocycles. The number of nitrogens with zero attached hydrogens (tertiary/aromatic N) is 2. The standard InChI is InChI=1S/C11H12ClN5OS/c1-5-6(2)19-11(14-5)16-10(18)7-3-8(12)15-9(4-7)17-13/h3-4H,13H2,1-2H3,(H,15,17)(H,14,16,18). The Morgan fingerprint density at radius 1 is 1.37 bits per heavy atom. The molecule has 6 nitrogen and oxygen atoms in total. The van der Waals surface area contributed by atoms with Crippen molar-refractivity contribution in [3.63, 3.8) is 0 Å². The lowest BCUT2D eigenvalue weighted by Crippen LogP contribution is -2.14. The third-order valence-electron chi connectivity index (χ3n) is 2.45. The molecular weight excluding hydrogens is 286 g/mol. The molecule has 4 N–H and O–H groups in total. The van der Waals surface area contributed by atoms with Gasteiger partial charge in [0.2, 0.25) is 0 Å². The summed E-state index contributed by atoms with van der Waals surface area (Å²) in [5, 5.41) is 3.45. The van der Waals surface area contributed by atoms with Gasteiger partial charge in [-0.05, 0) is 26.0 Å². The fourth-order valence-electron chi connectivity index (χ4n) is 1.40. The number of carbonyl (C=O) groups is 1. The van der Waals surface area contributed by atoms with E-state index in [0.29, 0.717) is 16.5 Å². The summed E-state index contributed by atoms with van der Waals surface area (Å²) in [6, 6.07) is 2.97. The lowest BCUT2D eigenvalue weighted by atomic mass is 10.2. The molecule has 8 heteroatoms. The second kappa shape index (κ2) is 5.52. The van der Waals surface area contributed by atoms with Crippen LogP contribution >= 0.6 is 22.9 Å². The molecule has 19 heavy (non-hydrogen) atoms. The maximum atomic E-state index is 12.1. The molecule has 0 saturated carbocycles. The fraction of sp³-hybridized carbons (Fsp3) is 0.182. The first-order valence-electron chi connectivity index (χ1n) is 5.39. The lowest BCUT2D eigenvalue weighted by molar-refractivity contribution is 0.102. The molecule has 1 amide bonds. The van der Waals surface area contributed by atoms with E-state index in [0.717, 1.165) is 10.6 Å². The number of anilines is 2. The highest BCUT2D eigenvalue weighted by Gasteiger charge is 2.12. The van der Waals surface area contributed by atoms with Gasteiger partial charge in [0.1, 0.15) is 11.0 Å². The smallest absolute Gasteiger partial charge is 0.257 e. The predicted molar refractivity (Wildman–Crippen MR) is 76.6 cm³/mol. The minimum Gasteiger partial charge on any atom is -0.308 e. The molecule has 0 bridgehead atoms. The molecule has 0 unspecified atom stereocenters. The van der Waals surface area contributed by atoms with E-state index in [2.05, 4.69) is 20.7 Å². The van der Waals surface area contributed by atoms with Crippen LogP contribution in [0.15, 0.2) is 12.1 Å². The number of thiazole rings is 1. The van der Waals surface area contributed by atoms with Gasteiger partial charge in [0.05, 0.1) is 5.69 Å². The number of halogens is 1. The van der Waals surface area contributed by atoms with Crippen LogP contribution in [0.4, 0.5) is 10.9 Å². The Balaban J connectivity index is 2.22. The molecule has 2 aromatic rings. The molecule has 2 aromatic heterocycles. The summed E-state index contributed by atoms with van der Waals surface area (Å²) < 4.78 is 0. The van der Waals surface area contributed by atoms with Crippen LogP contribution in [0.1, 0.15) is 20.9 Å². The molecule has 0 aliphatic rings. The van der Waals surface area contributed by atoms with Crippen molar-refractivity contribution in [2.24, 2.45) is 5.84 Å². The van der Waals surface area contributed by atoms with Crippen LogP contribution in [-0.4, -0.2) is 15.9 Å². The number of nitrogens with two attached hydrogens (primary N) is 1. The molecule has 2 rings (SSSR count). The van der Waals surface area contributed by atoms with Crippen molar-refractivity contribution in [1.82, 2.24) is 9.97 Å². The topological polar surface area (TPSA) is 92.9 Å². The van der Waals surface area contributed by atoms with Crippen molar-refractivity contribution < 1.29 is 4.79 Å². The van der Waals surface area contributed by atoms with E-state index in [1.165, 1.54) is 23.5 Å². The largest absolute Gasteiger partial charge is 0.308 e. The van der Waals surface area contributed by atoms with Gasteiger partial charge in [-0.15, -0.1) is 11.3 Å². The minimum atomic E-state index is -0.311. The average molecular weight is 298 g/mol.